The zero-order valence-corrected chi connectivity index (χ0v) is 14.9. The standard InChI is InChI=1S/C17H34N4O/c1-5-18-16(19-12-17(4)13-22-14-17)21-9-8-15(11-21)10-20(6-2)7-3/h15H,5-14H2,1-4H3,(H,18,19). The lowest BCUT2D eigenvalue weighted by molar-refractivity contribution is -0.0945. The summed E-state index contributed by atoms with van der Waals surface area (Å²) >= 11 is 0. The van der Waals surface area contributed by atoms with Crippen molar-refractivity contribution in [2.24, 2.45) is 16.3 Å². The molecule has 2 fully saturated rings. The van der Waals surface area contributed by atoms with Gasteiger partial charge in [0.05, 0.1) is 19.8 Å². The highest BCUT2D eigenvalue weighted by Gasteiger charge is 2.34. The Morgan fingerprint density at radius 1 is 1.32 bits per heavy atom. The van der Waals surface area contributed by atoms with Crippen molar-refractivity contribution in [1.29, 1.82) is 0 Å². The van der Waals surface area contributed by atoms with Gasteiger partial charge in [-0.3, -0.25) is 4.99 Å². The maximum Gasteiger partial charge on any atom is 0.193 e. The minimum Gasteiger partial charge on any atom is -0.380 e. The smallest absolute Gasteiger partial charge is 0.193 e. The summed E-state index contributed by atoms with van der Waals surface area (Å²) in [6.07, 6.45) is 1.28. The van der Waals surface area contributed by atoms with E-state index in [2.05, 4.69) is 42.8 Å². The summed E-state index contributed by atoms with van der Waals surface area (Å²) in [6.45, 7) is 18.2. The van der Waals surface area contributed by atoms with Gasteiger partial charge in [0.1, 0.15) is 0 Å². The normalized spacial score (nSPS) is 24.7. The largest absolute Gasteiger partial charge is 0.380 e. The molecule has 2 aliphatic rings. The first-order chi connectivity index (χ1) is 10.6. The lowest BCUT2D eigenvalue weighted by Gasteiger charge is -2.37. The molecule has 5 nitrogen and oxygen atoms in total. The molecule has 0 bridgehead atoms. The molecule has 2 rings (SSSR count). The van der Waals surface area contributed by atoms with Crippen molar-refractivity contribution < 1.29 is 4.74 Å². The molecule has 0 amide bonds. The van der Waals surface area contributed by atoms with E-state index in [-0.39, 0.29) is 5.41 Å². The lowest BCUT2D eigenvalue weighted by atomic mass is 9.89. The maximum absolute atomic E-state index is 5.33. The number of nitrogens with one attached hydrogen (secondary N) is 1. The van der Waals surface area contributed by atoms with Crippen LogP contribution in [0.3, 0.4) is 0 Å². The fourth-order valence-electron chi connectivity index (χ4n) is 3.25. The number of guanidine groups is 1. The number of ether oxygens (including phenoxy) is 1. The predicted molar refractivity (Wildman–Crippen MR) is 92.4 cm³/mol. The van der Waals surface area contributed by atoms with Gasteiger partial charge >= 0.3 is 0 Å². The highest BCUT2D eigenvalue weighted by molar-refractivity contribution is 5.80. The zero-order valence-electron chi connectivity index (χ0n) is 14.9. The van der Waals surface area contributed by atoms with Gasteiger partial charge in [0.2, 0.25) is 0 Å². The quantitative estimate of drug-likeness (QED) is 0.573. The van der Waals surface area contributed by atoms with Crippen molar-refractivity contribution in [1.82, 2.24) is 15.1 Å². The van der Waals surface area contributed by atoms with E-state index in [1.54, 1.807) is 0 Å². The SMILES string of the molecule is CCNC(=NCC1(C)COC1)N1CCC(CN(CC)CC)C1. The van der Waals surface area contributed by atoms with Crippen LogP contribution in [-0.2, 0) is 4.74 Å². The Labute approximate surface area is 136 Å². The van der Waals surface area contributed by atoms with Crippen LogP contribution in [0.15, 0.2) is 4.99 Å². The van der Waals surface area contributed by atoms with Crippen LogP contribution in [0.25, 0.3) is 0 Å². The summed E-state index contributed by atoms with van der Waals surface area (Å²) in [5.74, 6) is 1.86. The number of rotatable bonds is 7. The van der Waals surface area contributed by atoms with Gasteiger partial charge in [0, 0.05) is 31.6 Å². The summed E-state index contributed by atoms with van der Waals surface area (Å²) in [4.78, 5) is 9.86. The van der Waals surface area contributed by atoms with E-state index in [0.29, 0.717) is 0 Å². The molecule has 1 N–H and O–H groups in total. The average molecular weight is 310 g/mol. The molecule has 0 aromatic carbocycles. The Bertz CT molecular complexity index is 364. The topological polar surface area (TPSA) is 40.1 Å². The van der Waals surface area contributed by atoms with Crippen molar-refractivity contribution in [3.05, 3.63) is 0 Å². The Balaban J connectivity index is 1.88. The van der Waals surface area contributed by atoms with Crippen LogP contribution >= 0.6 is 0 Å². The zero-order chi connectivity index (χ0) is 16.0. The van der Waals surface area contributed by atoms with Crippen molar-refractivity contribution in [2.75, 3.05) is 59.0 Å². The molecule has 0 aliphatic carbocycles. The molecule has 0 saturated carbocycles. The Kier molecular flexibility index (Phi) is 6.50. The first kappa shape index (κ1) is 17.5. The van der Waals surface area contributed by atoms with Crippen molar-refractivity contribution in [2.45, 2.75) is 34.1 Å². The van der Waals surface area contributed by atoms with Crippen molar-refractivity contribution >= 4 is 5.96 Å². The van der Waals surface area contributed by atoms with E-state index in [1.165, 1.54) is 13.0 Å². The molecule has 5 heteroatoms. The van der Waals surface area contributed by atoms with Gasteiger partial charge in [0.15, 0.2) is 5.96 Å². The summed E-state index contributed by atoms with van der Waals surface area (Å²) < 4.78 is 5.33. The molecule has 0 aromatic heterocycles. The van der Waals surface area contributed by atoms with Crippen LogP contribution < -0.4 is 5.32 Å². The van der Waals surface area contributed by atoms with Crippen LogP contribution in [0.5, 0.6) is 0 Å². The summed E-state index contributed by atoms with van der Waals surface area (Å²) in [6, 6.07) is 0. The molecular weight excluding hydrogens is 276 g/mol. The first-order valence-electron chi connectivity index (χ1n) is 8.93. The van der Waals surface area contributed by atoms with E-state index >= 15 is 0 Å². The van der Waals surface area contributed by atoms with Crippen LogP contribution in [0, 0.1) is 11.3 Å². The van der Waals surface area contributed by atoms with E-state index in [1.807, 2.05) is 0 Å². The Morgan fingerprint density at radius 3 is 2.59 bits per heavy atom. The lowest BCUT2D eigenvalue weighted by Crippen LogP contribution is -2.45. The molecule has 1 unspecified atom stereocenters. The van der Waals surface area contributed by atoms with Gasteiger partial charge in [-0.1, -0.05) is 20.8 Å². The molecule has 0 spiro atoms. The Hall–Kier alpha value is -0.810. The van der Waals surface area contributed by atoms with Gasteiger partial charge < -0.3 is 19.9 Å². The van der Waals surface area contributed by atoms with Gasteiger partial charge in [0.25, 0.3) is 0 Å². The van der Waals surface area contributed by atoms with Gasteiger partial charge in [-0.05, 0) is 32.4 Å². The second-order valence-electron chi connectivity index (χ2n) is 7.06. The molecule has 2 aliphatic heterocycles. The van der Waals surface area contributed by atoms with E-state index in [4.69, 9.17) is 9.73 Å². The highest BCUT2D eigenvalue weighted by Crippen LogP contribution is 2.27. The third-order valence-corrected chi connectivity index (χ3v) is 4.84. The molecule has 2 saturated heterocycles. The van der Waals surface area contributed by atoms with E-state index in [0.717, 1.165) is 64.4 Å². The first-order valence-corrected chi connectivity index (χ1v) is 8.93. The number of aliphatic imine (C=N–C) groups is 1. The van der Waals surface area contributed by atoms with E-state index in [9.17, 15) is 0 Å². The molecule has 128 valence electrons. The predicted octanol–water partition coefficient (Wildman–Crippen LogP) is 1.65. The molecule has 0 radical (unpaired) electrons. The monoisotopic (exact) mass is 310 g/mol. The number of hydrogen-bond acceptors (Lipinski definition) is 3. The summed E-state index contributed by atoms with van der Waals surface area (Å²) in [7, 11) is 0. The minimum absolute atomic E-state index is 0.251. The van der Waals surface area contributed by atoms with Crippen LogP contribution in [0.4, 0.5) is 0 Å². The van der Waals surface area contributed by atoms with E-state index < -0.39 is 0 Å². The third kappa shape index (κ3) is 4.59. The minimum atomic E-state index is 0.251. The van der Waals surface area contributed by atoms with Crippen LogP contribution in [0.1, 0.15) is 34.1 Å². The summed E-state index contributed by atoms with van der Waals surface area (Å²) in [5.41, 5.74) is 0.251. The highest BCUT2D eigenvalue weighted by atomic mass is 16.5. The molecular formula is C17H34N4O. The van der Waals surface area contributed by atoms with Crippen molar-refractivity contribution in [3.63, 3.8) is 0 Å². The molecule has 22 heavy (non-hydrogen) atoms. The summed E-state index contributed by atoms with van der Waals surface area (Å²) in [5, 5.41) is 3.47. The second kappa shape index (κ2) is 8.16. The number of likely N-dealkylation sites (tertiary alicyclic amines) is 1. The van der Waals surface area contributed by atoms with Gasteiger partial charge in [-0.2, -0.15) is 0 Å². The average Bonchev–Trinajstić information content (AvgIpc) is 2.95. The number of hydrogen-bond donors (Lipinski definition) is 1. The van der Waals surface area contributed by atoms with Crippen LogP contribution in [-0.4, -0.2) is 74.8 Å². The molecule has 2 heterocycles. The second-order valence-corrected chi connectivity index (χ2v) is 7.06. The molecule has 1 atom stereocenters. The van der Waals surface area contributed by atoms with Gasteiger partial charge in [-0.25, -0.2) is 0 Å². The third-order valence-electron chi connectivity index (χ3n) is 4.84. The van der Waals surface area contributed by atoms with Crippen molar-refractivity contribution in [3.8, 4) is 0 Å². The number of nitrogens with zero attached hydrogens (tertiary/aromatic N) is 3. The maximum atomic E-state index is 5.33. The molecule has 0 aromatic rings. The van der Waals surface area contributed by atoms with Gasteiger partial charge in [-0.15, -0.1) is 0 Å². The fraction of sp³-hybridized carbons (Fsp3) is 0.941. The Morgan fingerprint density at radius 2 is 2.05 bits per heavy atom. The fourth-order valence-corrected chi connectivity index (χ4v) is 3.25. The van der Waals surface area contributed by atoms with Crippen LogP contribution in [0.2, 0.25) is 0 Å².